The van der Waals surface area contributed by atoms with E-state index in [4.69, 9.17) is 10.3 Å². The van der Waals surface area contributed by atoms with Crippen molar-refractivity contribution >= 4 is 5.88 Å². The van der Waals surface area contributed by atoms with E-state index in [9.17, 15) is 0 Å². The zero-order valence-electron chi connectivity index (χ0n) is 9.02. The van der Waals surface area contributed by atoms with Crippen molar-refractivity contribution in [3.05, 3.63) is 35.9 Å². The molecule has 1 aromatic carbocycles. The van der Waals surface area contributed by atoms with Gasteiger partial charge < -0.3 is 10.3 Å². The molecule has 0 saturated heterocycles. The summed E-state index contributed by atoms with van der Waals surface area (Å²) in [4.78, 5) is 0. The quantitative estimate of drug-likeness (QED) is 0.835. The molecule has 0 unspecified atom stereocenters. The van der Waals surface area contributed by atoms with Gasteiger partial charge in [0.25, 0.3) is 0 Å². The minimum Gasteiger partial charge on any atom is -0.368 e. The Labute approximate surface area is 94.2 Å². The first-order valence-corrected chi connectivity index (χ1v) is 5.66. The normalized spacial score (nSPS) is 16.0. The first-order chi connectivity index (χ1) is 7.84. The number of nitrogen functional groups attached to an aromatic ring is 1. The first kappa shape index (κ1) is 9.46. The molecule has 2 N–H and O–H groups in total. The van der Waals surface area contributed by atoms with E-state index in [1.54, 1.807) is 6.07 Å². The van der Waals surface area contributed by atoms with Crippen LogP contribution in [0.5, 0.6) is 0 Å². The lowest BCUT2D eigenvalue weighted by Gasteiger charge is -2.27. The maximum absolute atomic E-state index is 5.56. The molecule has 1 fully saturated rings. The van der Waals surface area contributed by atoms with Crippen LogP contribution in [0.4, 0.5) is 5.88 Å². The highest BCUT2D eigenvalue weighted by Crippen LogP contribution is 2.40. The fraction of sp³-hybridized carbons (Fsp3) is 0.308. The highest BCUT2D eigenvalue weighted by molar-refractivity contribution is 5.66. The van der Waals surface area contributed by atoms with Crippen LogP contribution in [0.2, 0.25) is 0 Å². The van der Waals surface area contributed by atoms with Crippen LogP contribution in [0.1, 0.15) is 30.7 Å². The van der Waals surface area contributed by atoms with Gasteiger partial charge in [-0.05, 0) is 24.3 Å². The number of nitrogens with zero attached hydrogens (tertiary/aromatic N) is 1. The van der Waals surface area contributed by atoms with Gasteiger partial charge in [0.15, 0.2) is 0 Å². The van der Waals surface area contributed by atoms with E-state index in [0.717, 1.165) is 11.3 Å². The zero-order chi connectivity index (χ0) is 11.0. The number of hydrogen-bond donors (Lipinski definition) is 1. The second kappa shape index (κ2) is 3.67. The molecule has 1 aromatic heterocycles. The van der Waals surface area contributed by atoms with Crippen LogP contribution < -0.4 is 5.73 Å². The van der Waals surface area contributed by atoms with Crippen LogP contribution in [0.3, 0.4) is 0 Å². The maximum Gasteiger partial charge on any atom is 0.222 e. The van der Waals surface area contributed by atoms with Gasteiger partial charge in [0.05, 0.1) is 0 Å². The Morgan fingerprint density at radius 2 is 2.06 bits per heavy atom. The van der Waals surface area contributed by atoms with Crippen LogP contribution in [0, 0.1) is 0 Å². The minimum atomic E-state index is 0.374. The van der Waals surface area contributed by atoms with Crippen LogP contribution in [-0.4, -0.2) is 5.16 Å². The van der Waals surface area contributed by atoms with Crippen molar-refractivity contribution in [2.75, 3.05) is 5.73 Å². The summed E-state index contributed by atoms with van der Waals surface area (Å²) in [5, 5.41) is 3.99. The van der Waals surface area contributed by atoms with Gasteiger partial charge in [0, 0.05) is 11.6 Å². The summed E-state index contributed by atoms with van der Waals surface area (Å²) >= 11 is 0. The van der Waals surface area contributed by atoms with Gasteiger partial charge in [-0.3, -0.25) is 0 Å². The van der Waals surface area contributed by atoms with E-state index >= 15 is 0 Å². The predicted molar refractivity (Wildman–Crippen MR) is 62.9 cm³/mol. The van der Waals surface area contributed by atoms with E-state index in [2.05, 4.69) is 23.4 Å². The van der Waals surface area contributed by atoms with Crippen molar-refractivity contribution in [3.8, 4) is 11.3 Å². The zero-order valence-corrected chi connectivity index (χ0v) is 9.02. The Balaban J connectivity index is 2.05. The van der Waals surface area contributed by atoms with Crippen molar-refractivity contribution in [1.82, 2.24) is 5.16 Å². The van der Waals surface area contributed by atoms with Gasteiger partial charge in [0.2, 0.25) is 5.88 Å². The lowest BCUT2D eigenvalue weighted by Crippen LogP contribution is -2.09. The fourth-order valence-electron chi connectivity index (χ4n) is 2.22. The lowest BCUT2D eigenvalue weighted by atomic mass is 9.78. The van der Waals surface area contributed by atoms with Crippen molar-refractivity contribution < 1.29 is 4.52 Å². The SMILES string of the molecule is Nc1cc(-c2ccccc2C2CCC2)no1. The molecule has 0 atom stereocenters. The molecule has 1 saturated carbocycles. The summed E-state index contributed by atoms with van der Waals surface area (Å²) in [6, 6.07) is 10.2. The summed E-state index contributed by atoms with van der Waals surface area (Å²) in [5.74, 6) is 1.06. The Morgan fingerprint density at radius 1 is 1.25 bits per heavy atom. The maximum atomic E-state index is 5.56. The van der Waals surface area contributed by atoms with Gasteiger partial charge in [-0.15, -0.1) is 0 Å². The molecule has 2 aromatic rings. The Hall–Kier alpha value is -1.77. The lowest BCUT2D eigenvalue weighted by molar-refractivity contribution is 0.419. The molecule has 1 aliphatic rings. The second-order valence-corrected chi connectivity index (χ2v) is 4.33. The molecule has 0 aliphatic heterocycles. The van der Waals surface area contributed by atoms with Crippen molar-refractivity contribution in [3.63, 3.8) is 0 Å². The van der Waals surface area contributed by atoms with E-state index in [-0.39, 0.29) is 0 Å². The van der Waals surface area contributed by atoms with E-state index in [0.29, 0.717) is 11.8 Å². The van der Waals surface area contributed by atoms with Crippen molar-refractivity contribution in [1.29, 1.82) is 0 Å². The molecule has 0 spiro atoms. The molecule has 3 rings (SSSR count). The summed E-state index contributed by atoms with van der Waals surface area (Å²) in [6.07, 6.45) is 3.90. The smallest absolute Gasteiger partial charge is 0.222 e. The third-order valence-corrected chi connectivity index (χ3v) is 3.31. The topological polar surface area (TPSA) is 52.0 Å². The highest BCUT2D eigenvalue weighted by atomic mass is 16.5. The Morgan fingerprint density at radius 3 is 2.69 bits per heavy atom. The Bertz CT molecular complexity index is 500. The molecular weight excluding hydrogens is 200 g/mol. The molecule has 82 valence electrons. The molecule has 0 bridgehead atoms. The largest absolute Gasteiger partial charge is 0.368 e. The second-order valence-electron chi connectivity index (χ2n) is 4.33. The number of hydrogen-bond acceptors (Lipinski definition) is 3. The fourth-order valence-corrected chi connectivity index (χ4v) is 2.22. The van der Waals surface area contributed by atoms with Gasteiger partial charge in [-0.1, -0.05) is 35.8 Å². The molecule has 1 aliphatic carbocycles. The highest BCUT2D eigenvalue weighted by Gasteiger charge is 2.23. The molecule has 16 heavy (non-hydrogen) atoms. The average molecular weight is 214 g/mol. The summed E-state index contributed by atoms with van der Waals surface area (Å²) in [6.45, 7) is 0. The molecule has 3 nitrogen and oxygen atoms in total. The molecule has 0 radical (unpaired) electrons. The van der Waals surface area contributed by atoms with Gasteiger partial charge in [0.1, 0.15) is 5.69 Å². The Kier molecular flexibility index (Phi) is 2.17. The minimum absolute atomic E-state index is 0.374. The van der Waals surface area contributed by atoms with Crippen LogP contribution in [-0.2, 0) is 0 Å². The number of anilines is 1. The van der Waals surface area contributed by atoms with E-state index in [1.165, 1.54) is 24.8 Å². The predicted octanol–water partition coefficient (Wildman–Crippen LogP) is 3.19. The average Bonchev–Trinajstić information content (AvgIpc) is 2.63. The standard InChI is InChI=1S/C13H14N2O/c14-13-8-12(15-16-13)11-7-2-1-6-10(11)9-4-3-5-9/h1-2,6-9H,3-5,14H2. The third-order valence-electron chi connectivity index (χ3n) is 3.31. The number of rotatable bonds is 2. The summed E-state index contributed by atoms with van der Waals surface area (Å²) < 4.78 is 4.93. The third kappa shape index (κ3) is 1.48. The van der Waals surface area contributed by atoms with Crippen LogP contribution >= 0.6 is 0 Å². The number of benzene rings is 1. The molecule has 3 heteroatoms. The molecule has 1 heterocycles. The van der Waals surface area contributed by atoms with Gasteiger partial charge >= 0.3 is 0 Å². The van der Waals surface area contributed by atoms with Crippen molar-refractivity contribution in [2.45, 2.75) is 25.2 Å². The van der Waals surface area contributed by atoms with E-state index in [1.807, 2.05) is 6.07 Å². The van der Waals surface area contributed by atoms with Crippen LogP contribution in [0.15, 0.2) is 34.9 Å². The van der Waals surface area contributed by atoms with Crippen LogP contribution in [0.25, 0.3) is 11.3 Å². The first-order valence-electron chi connectivity index (χ1n) is 5.66. The summed E-state index contributed by atoms with van der Waals surface area (Å²) in [5.41, 5.74) is 8.94. The summed E-state index contributed by atoms with van der Waals surface area (Å²) in [7, 11) is 0. The molecule has 0 amide bonds. The van der Waals surface area contributed by atoms with Crippen molar-refractivity contribution in [2.24, 2.45) is 0 Å². The van der Waals surface area contributed by atoms with E-state index < -0.39 is 0 Å². The van der Waals surface area contributed by atoms with Gasteiger partial charge in [-0.25, -0.2) is 0 Å². The number of nitrogens with two attached hydrogens (primary N) is 1. The number of aromatic nitrogens is 1. The van der Waals surface area contributed by atoms with Gasteiger partial charge in [-0.2, -0.15) is 0 Å². The monoisotopic (exact) mass is 214 g/mol. The molecular formula is C13H14N2O.